The van der Waals surface area contributed by atoms with Crippen molar-refractivity contribution in [2.24, 2.45) is 11.7 Å². The number of carbonyl (C=O) groups excluding carboxylic acids is 1. The average Bonchev–Trinajstić information content (AvgIpc) is 3.41. The molecule has 0 aromatic carbocycles. The highest BCUT2D eigenvalue weighted by Crippen LogP contribution is 2.40. The SMILES string of the molecule is COc1cc(C(=O)N2[C@H]3CC[C@@H]2[C@H](N)C3)cc2nc(-c3cc4ccc([C@@H](C)N5CCCC5)nc4n3CC3CC3)c(C)n12. The standard InChI is InChI=1S/C33H41N7O2/c1-19(37-12-4-5-13-37)26-10-8-22-14-28(38(32(22)35-26)18-21-6-7-21)31-20(2)39-29(36-31)15-23(16-30(39)42-3)33(41)40-24-9-11-27(40)25(34)17-24/h8,10,14-16,19,21,24-25,27H,4-7,9,11-13,17-18,34H2,1-3H3/t19-,24+,25-,27-/m1/s1. The van der Waals surface area contributed by atoms with Crippen molar-refractivity contribution in [3.05, 3.63) is 47.3 Å². The van der Waals surface area contributed by atoms with Crippen LogP contribution >= 0.6 is 0 Å². The summed E-state index contributed by atoms with van der Waals surface area (Å²) < 4.78 is 10.3. The van der Waals surface area contributed by atoms with Gasteiger partial charge in [-0.15, -0.1) is 0 Å². The number of nitrogens with two attached hydrogens (primary N) is 1. The lowest BCUT2D eigenvalue weighted by molar-refractivity contribution is 0.0726. The van der Waals surface area contributed by atoms with Gasteiger partial charge in [0.25, 0.3) is 5.91 Å². The number of rotatable bonds is 7. The Bertz CT molecular complexity index is 1700. The van der Waals surface area contributed by atoms with E-state index in [4.69, 9.17) is 20.4 Å². The molecular weight excluding hydrogens is 526 g/mol. The zero-order valence-corrected chi connectivity index (χ0v) is 24.9. The van der Waals surface area contributed by atoms with E-state index in [1.165, 1.54) is 25.7 Å². The number of amides is 1. The van der Waals surface area contributed by atoms with Crippen molar-refractivity contribution in [2.45, 2.75) is 89.5 Å². The van der Waals surface area contributed by atoms with Crippen molar-refractivity contribution in [1.29, 1.82) is 0 Å². The van der Waals surface area contributed by atoms with Gasteiger partial charge in [-0.1, -0.05) is 0 Å². The van der Waals surface area contributed by atoms with Crippen LogP contribution in [0.4, 0.5) is 0 Å². The minimum Gasteiger partial charge on any atom is -0.482 e. The first-order chi connectivity index (χ1) is 20.4. The predicted octanol–water partition coefficient (Wildman–Crippen LogP) is 4.94. The summed E-state index contributed by atoms with van der Waals surface area (Å²) in [4.78, 5) is 28.8. The van der Waals surface area contributed by atoms with Crippen molar-refractivity contribution in [1.82, 2.24) is 28.7 Å². The summed E-state index contributed by atoms with van der Waals surface area (Å²) in [6.07, 6.45) is 7.97. The Balaban J connectivity index is 1.22. The van der Waals surface area contributed by atoms with Crippen LogP contribution in [0.3, 0.4) is 0 Å². The number of fused-ring (bicyclic) bond motifs is 4. The van der Waals surface area contributed by atoms with E-state index in [9.17, 15) is 4.79 Å². The molecule has 4 atom stereocenters. The Kier molecular flexibility index (Phi) is 6.12. The lowest BCUT2D eigenvalue weighted by atomic mass is 9.97. The van der Waals surface area contributed by atoms with Gasteiger partial charge in [0.15, 0.2) is 5.88 Å². The third kappa shape index (κ3) is 4.07. The minimum absolute atomic E-state index is 0.0325. The van der Waals surface area contributed by atoms with Crippen molar-refractivity contribution in [2.75, 3.05) is 20.2 Å². The lowest BCUT2D eigenvalue weighted by Gasteiger charge is -2.23. The zero-order chi connectivity index (χ0) is 28.7. The zero-order valence-electron chi connectivity index (χ0n) is 24.9. The molecule has 9 heteroatoms. The fraction of sp³-hybridized carbons (Fsp3) is 0.545. The topological polar surface area (TPSA) is 93.9 Å². The molecule has 4 aromatic heterocycles. The Morgan fingerprint density at radius 3 is 2.60 bits per heavy atom. The smallest absolute Gasteiger partial charge is 0.254 e. The molecule has 4 aromatic rings. The number of hydrogen-bond donors (Lipinski definition) is 1. The molecule has 3 saturated heterocycles. The van der Waals surface area contributed by atoms with Gasteiger partial charge in [-0.2, -0.15) is 0 Å². The molecule has 3 aliphatic heterocycles. The van der Waals surface area contributed by atoms with Crippen LogP contribution in [0.5, 0.6) is 5.88 Å². The molecule has 8 rings (SSSR count). The van der Waals surface area contributed by atoms with Crippen LogP contribution in [0, 0.1) is 12.8 Å². The fourth-order valence-corrected chi connectivity index (χ4v) is 7.92. The molecular formula is C33H41N7O2. The van der Waals surface area contributed by atoms with Gasteiger partial charge in [0.2, 0.25) is 0 Å². The van der Waals surface area contributed by atoms with E-state index < -0.39 is 0 Å². The van der Waals surface area contributed by atoms with Crippen LogP contribution in [-0.4, -0.2) is 73.0 Å². The molecule has 1 aliphatic carbocycles. The molecule has 0 spiro atoms. The van der Waals surface area contributed by atoms with Crippen LogP contribution in [0.15, 0.2) is 30.3 Å². The summed E-state index contributed by atoms with van der Waals surface area (Å²) in [5, 5.41) is 1.14. The van der Waals surface area contributed by atoms with Crippen LogP contribution < -0.4 is 10.5 Å². The van der Waals surface area contributed by atoms with Gasteiger partial charge >= 0.3 is 0 Å². The van der Waals surface area contributed by atoms with E-state index in [0.717, 1.165) is 78.4 Å². The number of hydrogen-bond acceptors (Lipinski definition) is 6. The van der Waals surface area contributed by atoms with Crippen LogP contribution in [0.2, 0.25) is 0 Å². The normalized spacial score (nSPS) is 24.9. The first-order valence-corrected chi connectivity index (χ1v) is 15.8. The summed E-state index contributed by atoms with van der Waals surface area (Å²) in [6, 6.07) is 11.2. The molecule has 42 heavy (non-hydrogen) atoms. The second kappa shape index (κ2) is 9.81. The van der Waals surface area contributed by atoms with E-state index in [1.807, 2.05) is 21.4 Å². The van der Waals surface area contributed by atoms with E-state index in [1.54, 1.807) is 7.11 Å². The van der Waals surface area contributed by atoms with E-state index in [-0.39, 0.29) is 24.0 Å². The molecule has 7 heterocycles. The molecule has 220 valence electrons. The van der Waals surface area contributed by atoms with Gasteiger partial charge in [-0.05, 0) is 102 Å². The number of pyridine rings is 2. The second-order valence-electron chi connectivity index (χ2n) is 13.1. The Morgan fingerprint density at radius 2 is 1.90 bits per heavy atom. The maximum Gasteiger partial charge on any atom is 0.254 e. The maximum absolute atomic E-state index is 13.8. The summed E-state index contributed by atoms with van der Waals surface area (Å²) in [5.74, 6) is 1.33. The lowest BCUT2D eigenvalue weighted by Crippen LogP contribution is -2.40. The third-order valence-corrected chi connectivity index (χ3v) is 10.5. The van der Waals surface area contributed by atoms with Crippen molar-refractivity contribution < 1.29 is 9.53 Å². The van der Waals surface area contributed by atoms with Gasteiger partial charge in [-0.3, -0.25) is 14.1 Å². The number of nitrogens with zero attached hydrogens (tertiary/aromatic N) is 6. The average molecular weight is 568 g/mol. The molecule has 2 bridgehead atoms. The van der Waals surface area contributed by atoms with Crippen LogP contribution in [0.25, 0.3) is 28.1 Å². The summed E-state index contributed by atoms with van der Waals surface area (Å²) in [6.45, 7) is 7.61. The Hall–Kier alpha value is -3.43. The molecule has 1 amide bonds. The van der Waals surface area contributed by atoms with E-state index in [0.29, 0.717) is 23.4 Å². The Morgan fingerprint density at radius 1 is 1.10 bits per heavy atom. The molecule has 9 nitrogen and oxygen atoms in total. The maximum atomic E-state index is 13.8. The van der Waals surface area contributed by atoms with Gasteiger partial charge in [-0.25, -0.2) is 9.97 Å². The minimum atomic E-state index is 0.0325. The second-order valence-corrected chi connectivity index (χ2v) is 13.1. The molecule has 0 unspecified atom stereocenters. The monoisotopic (exact) mass is 567 g/mol. The quantitative estimate of drug-likeness (QED) is 0.340. The number of imidazole rings is 1. The van der Waals surface area contributed by atoms with E-state index in [2.05, 4.69) is 41.5 Å². The first kappa shape index (κ1) is 26.2. The predicted molar refractivity (Wildman–Crippen MR) is 163 cm³/mol. The summed E-state index contributed by atoms with van der Waals surface area (Å²) in [5.41, 5.74) is 12.9. The van der Waals surface area contributed by atoms with Gasteiger partial charge in [0.1, 0.15) is 17.0 Å². The first-order valence-electron chi connectivity index (χ1n) is 15.8. The highest BCUT2D eigenvalue weighted by atomic mass is 16.5. The Labute approximate surface area is 246 Å². The number of aryl methyl sites for hydroxylation is 1. The highest BCUT2D eigenvalue weighted by molar-refractivity contribution is 5.96. The van der Waals surface area contributed by atoms with Crippen molar-refractivity contribution >= 4 is 22.6 Å². The van der Waals surface area contributed by atoms with Crippen LogP contribution in [0.1, 0.15) is 79.7 Å². The van der Waals surface area contributed by atoms with Gasteiger partial charge < -0.3 is 19.9 Å². The molecule has 2 N–H and O–H groups in total. The number of carbonyl (C=O) groups is 1. The van der Waals surface area contributed by atoms with E-state index >= 15 is 0 Å². The number of ether oxygens (including phenoxy) is 1. The van der Waals surface area contributed by atoms with Crippen molar-refractivity contribution in [3.63, 3.8) is 0 Å². The number of methoxy groups -OCH3 is 1. The van der Waals surface area contributed by atoms with Gasteiger partial charge in [0.05, 0.1) is 24.2 Å². The number of aromatic nitrogens is 4. The van der Waals surface area contributed by atoms with Gasteiger partial charge in [0, 0.05) is 47.7 Å². The molecule has 1 saturated carbocycles. The molecule has 0 radical (unpaired) electrons. The number of likely N-dealkylation sites (tertiary alicyclic amines) is 1. The third-order valence-electron chi connectivity index (χ3n) is 10.5. The molecule has 4 fully saturated rings. The fourth-order valence-electron chi connectivity index (χ4n) is 7.92. The highest BCUT2D eigenvalue weighted by Gasteiger charge is 2.47. The largest absolute Gasteiger partial charge is 0.482 e. The summed E-state index contributed by atoms with van der Waals surface area (Å²) in [7, 11) is 1.66. The summed E-state index contributed by atoms with van der Waals surface area (Å²) >= 11 is 0. The van der Waals surface area contributed by atoms with Crippen molar-refractivity contribution in [3.8, 4) is 17.3 Å². The molecule has 4 aliphatic rings. The van der Waals surface area contributed by atoms with Crippen LogP contribution in [-0.2, 0) is 6.54 Å².